The summed E-state index contributed by atoms with van der Waals surface area (Å²) < 4.78 is 5.60. The molecule has 0 atom stereocenters. The number of aldehydes is 1. The zero-order valence-electron chi connectivity index (χ0n) is 9.40. The van der Waals surface area contributed by atoms with E-state index in [0.717, 1.165) is 30.6 Å². The maximum absolute atomic E-state index is 10.2. The largest absolute Gasteiger partial charge is 0.493 e. The van der Waals surface area contributed by atoms with Crippen LogP contribution in [0.4, 0.5) is 0 Å². The van der Waals surface area contributed by atoms with Crippen LogP contribution in [0, 0.1) is 5.92 Å². The monoisotopic (exact) mass is 206 g/mol. The molecule has 0 N–H and O–H groups in total. The van der Waals surface area contributed by atoms with Gasteiger partial charge in [0.25, 0.3) is 0 Å². The first-order chi connectivity index (χ1) is 7.22. The highest BCUT2D eigenvalue weighted by Gasteiger charge is 1.98. The molecule has 0 amide bonds. The molecular formula is C13H18O2. The molecule has 0 radical (unpaired) electrons. The molecule has 15 heavy (non-hydrogen) atoms. The topological polar surface area (TPSA) is 26.3 Å². The summed E-state index contributed by atoms with van der Waals surface area (Å²) in [5, 5.41) is 0. The van der Waals surface area contributed by atoms with Crippen molar-refractivity contribution in [3.63, 3.8) is 0 Å². The molecule has 0 unspecified atom stereocenters. The fourth-order valence-electron chi connectivity index (χ4n) is 1.28. The third-order valence-electron chi connectivity index (χ3n) is 2.03. The van der Waals surface area contributed by atoms with Crippen molar-refractivity contribution < 1.29 is 9.53 Å². The van der Waals surface area contributed by atoms with Crippen LogP contribution in [0.3, 0.4) is 0 Å². The summed E-state index contributed by atoms with van der Waals surface area (Å²) in [5.74, 6) is 1.43. The van der Waals surface area contributed by atoms with E-state index in [2.05, 4.69) is 13.8 Å². The first-order valence-corrected chi connectivity index (χ1v) is 5.37. The van der Waals surface area contributed by atoms with Gasteiger partial charge in [0.1, 0.15) is 12.0 Å². The molecule has 2 heteroatoms. The highest BCUT2D eigenvalue weighted by Crippen LogP contribution is 2.15. The van der Waals surface area contributed by atoms with Gasteiger partial charge < -0.3 is 9.53 Å². The Bertz CT molecular complexity index is 305. The van der Waals surface area contributed by atoms with Gasteiger partial charge in [-0.1, -0.05) is 26.0 Å². The Morgan fingerprint density at radius 3 is 2.87 bits per heavy atom. The second-order valence-corrected chi connectivity index (χ2v) is 4.06. The van der Waals surface area contributed by atoms with E-state index in [4.69, 9.17) is 4.74 Å². The van der Waals surface area contributed by atoms with Gasteiger partial charge in [0.2, 0.25) is 0 Å². The Morgan fingerprint density at radius 2 is 2.20 bits per heavy atom. The van der Waals surface area contributed by atoms with Gasteiger partial charge >= 0.3 is 0 Å². The first kappa shape index (κ1) is 11.8. The van der Waals surface area contributed by atoms with Crippen molar-refractivity contribution in [1.29, 1.82) is 0 Å². The van der Waals surface area contributed by atoms with Gasteiger partial charge in [-0.15, -0.1) is 0 Å². The molecular weight excluding hydrogens is 188 g/mol. The second kappa shape index (κ2) is 6.23. The van der Waals surface area contributed by atoms with Crippen LogP contribution in [0.5, 0.6) is 5.75 Å². The van der Waals surface area contributed by atoms with Gasteiger partial charge in [0, 0.05) is 6.42 Å². The maximum atomic E-state index is 10.2. The third kappa shape index (κ3) is 4.63. The lowest BCUT2D eigenvalue weighted by atomic mass is 10.1. The predicted molar refractivity (Wildman–Crippen MR) is 61.2 cm³/mol. The summed E-state index contributed by atoms with van der Waals surface area (Å²) in [6.45, 7) is 4.98. The molecule has 0 bridgehead atoms. The van der Waals surface area contributed by atoms with Crippen LogP contribution in [0.1, 0.15) is 25.8 Å². The molecule has 1 aromatic carbocycles. The zero-order valence-corrected chi connectivity index (χ0v) is 9.40. The molecule has 82 valence electrons. The minimum absolute atomic E-state index is 0.531. The van der Waals surface area contributed by atoms with Gasteiger partial charge in [-0.05, 0) is 30.0 Å². The highest BCUT2D eigenvalue weighted by atomic mass is 16.5. The van der Waals surface area contributed by atoms with E-state index >= 15 is 0 Å². The smallest absolute Gasteiger partial charge is 0.120 e. The van der Waals surface area contributed by atoms with Crippen LogP contribution in [0.15, 0.2) is 24.3 Å². The van der Waals surface area contributed by atoms with Crippen molar-refractivity contribution in [3.05, 3.63) is 29.8 Å². The lowest BCUT2D eigenvalue weighted by Crippen LogP contribution is -2.04. The lowest BCUT2D eigenvalue weighted by Gasteiger charge is -2.09. The van der Waals surface area contributed by atoms with Crippen LogP contribution < -0.4 is 4.74 Å². The van der Waals surface area contributed by atoms with Crippen molar-refractivity contribution in [3.8, 4) is 5.75 Å². The molecule has 0 saturated carbocycles. The molecule has 0 saturated heterocycles. The fourth-order valence-corrected chi connectivity index (χ4v) is 1.28. The van der Waals surface area contributed by atoms with Gasteiger partial charge in [0.05, 0.1) is 6.61 Å². The van der Waals surface area contributed by atoms with Crippen LogP contribution in [0.2, 0.25) is 0 Å². The Kier molecular flexibility index (Phi) is 4.88. The number of rotatable bonds is 6. The van der Waals surface area contributed by atoms with Gasteiger partial charge in [-0.3, -0.25) is 0 Å². The fraction of sp³-hybridized carbons (Fsp3) is 0.462. The van der Waals surface area contributed by atoms with Crippen molar-refractivity contribution in [1.82, 2.24) is 0 Å². The Morgan fingerprint density at radius 1 is 1.40 bits per heavy atom. The summed E-state index contributed by atoms with van der Waals surface area (Å²) >= 11 is 0. The van der Waals surface area contributed by atoms with E-state index in [-0.39, 0.29) is 0 Å². The van der Waals surface area contributed by atoms with Gasteiger partial charge in [-0.2, -0.15) is 0 Å². The normalized spacial score (nSPS) is 10.3. The number of ether oxygens (including phenoxy) is 1. The SMILES string of the molecule is CC(C)COc1cccc(CCC=O)c1. The van der Waals surface area contributed by atoms with Crippen molar-refractivity contribution >= 4 is 6.29 Å². The van der Waals surface area contributed by atoms with Crippen LogP contribution in [-0.2, 0) is 11.2 Å². The maximum Gasteiger partial charge on any atom is 0.120 e. The van der Waals surface area contributed by atoms with Crippen LogP contribution in [-0.4, -0.2) is 12.9 Å². The lowest BCUT2D eigenvalue weighted by molar-refractivity contribution is -0.107. The van der Waals surface area contributed by atoms with Crippen LogP contribution in [0.25, 0.3) is 0 Å². The predicted octanol–water partition coefficient (Wildman–Crippen LogP) is 2.85. The number of hydrogen-bond donors (Lipinski definition) is 0. The summed E-state index contributed by atoms with van der Waals surface area (Å²) in [7, 11) is 0. The number of aryl methyl sites for hydroxylation is 1. The van der Waals surface area contributed by atoms with Crippen molar-refractivity contribution in [2.24, 2.45) is 5.92 Å². The van der Waals surface area contributed by atoms with Crippen molar-refractivity contribution in [2.75, 3.05) is 6.61 Å². The van der Waals surface area contributed by atoms with E-state index in [9.17, 15) is 4.79 Å². The minimum Gasteiger partial charge on any atom is -0.493 e. The number of hydrogen-bond acceptors (Lipinski definition) is 2. The van der Waals surface area contributed by atoms with E-state index in [1.165, 1.54) is 0 Å². The summed E-state index contributed by atoms with van der Waals surface area (Å²) in [6.07, 6.45) is 2.32. The molecule has 0 aromatic heterocycles. The minimum atomic E-state index is 0.531. The Balaban J connectivity index is 2.53. The van der Waals surface area contributed by atoms with Crippen molar-refractivity contribution in [2.45, 2.75) is 26.7 Å². The number of benzene rings is 1. The van der Waals surface area contributed by atoms with E-state index in [1.54, 1.807) is 0 Å². The van der Waals surface area contributed by atoms with E-state index in [1.807, 2.05) is 24.3 Å². The molecule has 0 fully saturated rings. The highest BCUT2D eigenvalue weighted by molar-refractivity contribution is 5.50. The van der Waals surface area contributed by atoms with Gasteiger partial charge in [-0.25, -0.2) is 0 Å². The number of carbonyl (C=O) groups is 1. The summed E-state index contributed by atoms with van der Waals surface area (Å²) in [5.41, 5.74) is 1.16. The zero-order chi connectivity index (χ0) is 11.1. The van der Waals surface area contributed by atoms with E-state index in [0.29, 0.717) is 12.3 Å². The molecule has 0 aliphatic heterocycles. The Labute approximate surface area is 91.3 Å². The Hall–Kier alpha value is -1.31. The molecule has 1 rings (SSSR count). The molecule has 0 spiro atoms. The number of carbonyl (C=O) groups excluding carboxylic acids is 1. The molecule has 0 heterocycles. The van der Waals surface area contributed by atoms with E-state index < -0.39 is 0 Å². The molecule has 0 aliphatic carbocycles. The third-order valence-corrected chi connectivity index (χ3v) is 2.03. The average Bonchev–Trinajstić information content (AvgIpc) is 2.24. The summed E-state index contributed by atoms with van der Waals surface area (Å²) in [4.78, 5) is 10.2. The molecule has 2 nitrogen and oxygen atoms in total. The standard InChI is InChI=1S/C13H18O2/c1-11(2)10-15-13-7-3-5-12(9-13)6-4-8-14/h3,5,7-9,11H,4,6,10H2,1-2H3. The molecule has 0 aliphatic rings. The van der Waals surface area contributed by atoms with Gasteiger partial charge in [0.15, 0.2) is 0 Å². The van der Waals surface area contributed by atoms with Crippen LogP contribution >= 0.6 is 0 Å². The average molecular weight is 206 g/mol. The quantitative estimate of drug-likeness (QED) is 0.669. The summed E-state index contributed by atoms with van der Waals surface area (Å²) in [6, 6.07) is 7.94. The first-order valence-electron chi connectivity index (χ1n) is 5.37. The second-order valence-electron chi connectivity index (χ2n) is 4.06. The molecule has 1 aromatic rings.